The SMILES string of the molecule is Cn1cnc2ccc(-c3ccc(C4CC(N)C4)cc3)cc21. The lowest BCUT2D eigenvalue weighted by Crippen LogP contribution is -2.34. The van der Waals surface area contributed by atoms with Gasteiger partial charge in [-0.1, -0.05) is 30.3 Å². The first-order chi connectivity index (χ1) is 10.2. The molecule has 1 aliphatic rings. The molecule has 106 valence electrons. The van der Waals surface area contributed by atoms with Crippen molar-refractivity contribution in [1.82, 2.24) is 9.55 Å². The van der Waals surface area contributed by atoms with Gasteiger partial charge in [-0.15, -0.1) is 0 Å². The van der Waals surface area contributed by atoms with E-state index in [0.717, 1.165) is 18.4 Å². The molecule has 3 aromatic rings. The Kier molecular flexibility index (Phi) is 2.82. The van der Waals surface area contributed by atoms with E-state index in [0.29, 0.717) is 12.0 Å². The third kappa shape index (κ3) is 2.14. The zero-order valence-corrected chi connectivity index (χ0v) is 12.2. The first kappa shape index (κ1) is 12.6. The van der Waals surface area contributed by atoms with Crippen molar-refractivity contribution in [3.05, 3.63) is 54.4 Å². The normalized spacial score (nSPS) is 21.4. The van der Waals surface area contributed by atoms with E-state index in [-0.39, 0.29) is 0 Å². The molecule has 1 aliphatic carbocycles. The topological polar surface area (TPSA) is 43.8 Å². The van der Waals surface area contributed by atoms with Crippen LogP contribution in [0.2, 0.25) is 0 Å². The number of hydrogen-bond donors (Lipinski definition) is 1. The molecule has 21 heavy (non-hydrogen) atoms. The number of rotatable bonds is 2. The number of aromatic nitrogens is 2. The Hall–Kier alpha value is -2.13. The van der Waals surface area contributed by atoms with Crippen molar-refractivity contribution in [1.29, 1.82) is 0 Å². The average molecular weight is 277 g/mol. The summed E-state index contributed by atoms with van der Waals surface area (Å²) in [4.78, 5) is 4.37. The molecule has 4 rings (SSSR count). The maximum Gasteiger partial charge on any atom is 0.0955 e. The van der Waals surface area contributed by atoms with Gasteiger partial charge in [-0.3, -0.25) is 0 Å². The number of nitrogens with two attached hydrogens (primary N) is 1. The van der Waals surface area contributed by atoms with E-state index in [1.807, 2.05) is 13.4 Å². The summed E-state index contributed by atoms with van der Waals surface area (Å²) >= 11 is 0. The van der Waals surface area contributed by atoms with Crippen LogP contribution < -0.4 is 5.73 Å². The van der Waals surface area contributed by atoms with Crippen molar-refractivity contribution in [2.45, 2.75) is 24.8 Å². The number of benzene rings is 2. The minimum atomic E-state index is 0.405. The molecule has 0 amide bonds. The second kappa shape index (κ2) is 4.71. The van der Waals surface area contributed by atoms with Gasteiger partial charge in [0.15, 0.2) is 0 Å². The molecular formula is C18H19N3. The second-order valence-electron chi connectivity index (χ2n) is 6.11. The summed E-state index contributed by atoms with van der Waals surface area (Å²) in [6.07, 6.45) is 4.11. The lowest BCUT2D eigenvalue weighted by Gasteiger charge is -2.32. The van der Waals surface area contributed by atoms with Crippen LogP contribution in [-0.2, 0) is 7.05 Å². The predicted molar refractivity (Wildman–Crippen MR) is 86.1 cm³/mol. The quantitative estimate of drug-likeness (QED) is 0.779. The third-order valence-corrected chi connectivity index (χ3v) is 4.62. The van der Waals surface area contributed by atoms with Gasteiger partial charge in [0, 0.05) is 13.1 Å². The summed E-state index contributed by atoms with van der Waals surface area (Å²) in [5.74, 6) is 0.661. The molecule has 1 fully saturated rings. The van der Waals surface area contributed by atoms with E-state index in [1.165, 1.54) is 22.2 Å². The highest BCUT2D eigenvalue weighted by Gasteiger charge is 2.26. The van der Waals surface area contributed by atoms with Crippen molar-refractivity contribution >= 4 is 11.0 Å². The molecule has 1 saturated carbocycles. The fraction of sp³-hybridized carbons (Fsp3) is 0.278. The highest BCUT2D eigenvalue weighted by atomic mass is 15.0. The first-order valence-corrected chi connectivity index (χ1v) is 7.48. The van der Waals surface area contributed by atoms with Gasteiger partial charge in [0.05, 0.1) is 17.4 Å². The van der Waals surface area contributed by atoms with E-state index >= 15 is 0 Å². The van der Waals surface area contributed by atoms with Gasteiger partial charge < -0.3 is 10.3 Å². The zero-order chi connectivity index (χ0) is 14.4. The average Bonchev–Trinajstić information content (AvgIpc) is 2.85. The lowest BCUT2D eigenvalue weighted by atomic mass is 9.76. The Bertz CT molecular complexity index is 780. The Balaban J connectivity index is 1.66. The number of nitrogens with zero attached hydrogens (tertiary/aromatic N) is 2. The minimum Gasteiger partial charge on any atom is -0.334 e. The van der Waals surface area contributed by atoms with E-state index < -0.39 is 0 Å². The van der Waals surface area contributed by atoms with Crippen molar-refractivity contribution in [3.8, 4) is 11.1 Å². The van der Waals surface area contributed by atoms with Gasteiger partial charge in [0.2, 0.25) is 0 Å². The number of hydrogen-bond acceptors (Lipinski definition) is 2. The first-order valence-electron chi connectivity index (χ1n) is 7.48. The van der Waals surface area contributed by atoms with Crippen LogP contribution in [0.3, 0.4) is 0 Å². The Labute approximate surface area is 124 Å². The summed E-state index contributed by atoms with van der Waals surface area (Å²) in [5.41, 5.74) is 12.0. The molecule has 0 aliphatic heterocycles. The Morgan fingerprint density at radius 1 is 1.05 bits per heavy atom. The van der Waals surface area contributed by atoms with Gasteiger partial charge in [-0.2, -0.15) is 0 Å². The van der Waals surface area contributed by atoms with E-state index in [4.69, 9.17) is 5.73 Å². The van der Waals surface area contributed by atoms with E-state index in [2.05, 4.69) is 52.0 Å². The standard InChI is InChI=1S/C18H19N3/c1-21-11-20-17-7-6-14(10-18(17)21)12-2-4-13(5-3-12)15-8-16(19)9-15/h2-7,10-11,15-16H,8-9,19H2,1H3. The van der Waals surface area contributed by atoms with Gasteiger partial charge >= 0.3 is 0 Å². The van der Waals surface area contributed by atoms with Crippen LogP contribution in [0, 0.1) is 0 Å². The summed E-state index contributed by atoms with van der Waals surface area (Å²) in [5, 5.41) is 0. The summed E-state index contributed by atoms with van der Waals surface area (Å²) < 4.78 is 2.06. The van der Waals surface area contributed by atoms with Crippen LogP contribution in [-0.4, -0.2) is 15.6 Å². The van der Waals surface area contributed by atoms with Crippen molar-refractivity contribution in [2.75, 3.05) is 0 Å². The maximum atomic E-state index is 5.88. The predicted octanol–water partition coefficient (Wildman–Crippen LogP) is 3.45. The molecule has 0 radical (unpaired) electrons. The van der Waals surface area contributed by atoms with Crippen LogP contribution >= 0.6 is 0 Å². The van der Waals surface area contributed by atoms with Crippen LogP contribution in [0.25, 0.3) is 22.2 Å². The summed E-state index contributed by atoms with van der Waals surface area (Å²) in [7, 11) is 2.03. The molecule has 0 spiro atoms. The Morgan fingerprint density at radius 2 is 1.76 bits per heavy atom. The third-order valence-electron chi connectivity index (χ3n) is 4.62. The molecule has 0 bridgehead atoms. The fourth-order valence-corrected chi connectivity index (χ4v) is 3.19. The molecule has 2 aromatic carbocycles. The highest BCUT2D eigenvalue weighted by Crippen LogP contribution is 2.36. The molecule has 2 N–H and O–H groups in total. The van der Waals surface area contributed by atoms with E-state index in [1.54, 1.807) is 0 Å². The van der Waals surface area contributed by atoms with Crippen LogP contribution in [0.1, 0.15) is 24.3 Å². The smallest absolute Gasteiger partial charge is 0.0955 e. The van der Waals surface area contributed by atoms with Crippen molar-refractivity contribution in [2.24, 2.45) is 12.8 Å². The van der Waals surface area contributed by atoms with Gasteiger partial charge in [0.1, 0.15) is 0 Å². The van der Waals surface area contributed by atoms with Gasteiger partial charge in [0.25, 0.3) is 0 Å². The largest absolute Gasteiger partial charge is 0.334 e. The Morgan fingerprint density at radius 3 is 2.48 bits per heavy atom. The molecule has 0 saturated heterocycles. The van der Waals surface area contributed by atoms with E-state index in [9.17, 15) is 0 Å². The molecule has 1 aromatic heterocycles. The maximum absolute atomic E-state index is 5.88. The lowest BCUT2D eigenvalue weighted by molar-refractivity contribution is 0.351. The number of imidazole rings is 1. The van der Waals surface area contributed by atoms with Gasteiger partial charge in [-0.25, -0.2) is 4.98 Å². The molecule has 3 nitrogen and oxygen atoms in total. The van der Waals surface area contributed by atoms with Crippen molar-refractivity contribution in [3.63, 3.8) is 0 Å². The summed E-state index contributed by atoms with van der Waals surface area (Å²) in [6.45, 7) is 0. The van der Waals surface area contributed by atoms with Gasteiger partial charge in [-0.05, 0) is 47.6 Å². The van der Waals surface area contributed by atoms with Crippen LogP contribution in [0.4, 0.5) is 0 Å². The monoisotopic (exact) mass is 277 g/mol. The molecule has 0 atom stereocenters. The second-order valence-corrected chi connectivity index (χ2v) is 6.11. The summed E-state index contributed by atoms with van der Waals surface area (Å²) in [6, 6.07) is 15.8. The zero-order valence-electron chi connectivity index (χ0n) is 12.2. The van der Waals surface area contributed by atoms with Crippen LogP contribution in [0.5, 0.6) is 0 Å². The number of fused-ring (bicyclic) bond motifs is 1. The molecule has 0 unspecified atom stereocenters. The minimum absolute atomic E-state index is 0.405. The van der Waals surface area contributed by atoms with Crippen LogP contribution in [0.15, 0.2) is 48.8 Å². The van der Waals surface area contributed by atoms with Crippen molar-refractivity contribution < 1.29 is 0 Å². The highest BCUT2D eigenvalue weighted by molar-refractivity contribution is 5.82. The fourth-order valence-electron chi connectivity index (χ4n) is 3.19. The number of aryl methyl sites for hydroxylation is 1. The molecule has 1 heterocycles. The molecule has 3 heteroatoms. The molecular weight excluding hydrogens is 258 g/mol.